The molecular formula is C11H24N2O4S. The van der Waals surface area contributed by atoms with Crippen molar-refractivity contribution in [3.05, 3.63) is 0 Å². The molecule has 0 saturated carbocycles. The molecule has 0 aromatic heterocycles. The maximum absolute atomic E-state index is 11.8. The minimum Gasteiger partial charge on any atom is -0.469 e. The largest absolute Gasteiger partial charge is 0.469 e. The van der Waals surface area contributed by atoms with Crippen molar-refractivity contribution in [2.45, 2.75) is 39.7 Å². The molecule has 108 valence electrons. The Morgan fingerprint density at radius 3 is 2.33 bits per heavy atom. The molecule has 0 fully saturated rings. The monoisotopic (exact) mass is 280 g/mol. The van der Waals surface area contributed by atoms with Gasteiger partial charge in [-0.05, 0) is 11.8 Å². The Morgan fingerprint density at radius 2 is 1.94 bits per heavy atom. The van der Waals surface area contributed by atoms with Crippen LogP contribution in [-0.2, 0) is 19.6 Å². The lowest BCUT2D eigenvalue weighted by molar-refractivity contribution is -0.140. The van der Waals surface area contributed by atoms with Crippen LogP contribution in [0.2, 0.25) is 0 Å². The van der Waals surface area contributed by atoms with Gasteiger partial charge < -0.3 is 10.5 Å². The normalized spacial score (nSPS) is 14.3. The van der Waals surface area contributed by atoms with Gasteiger partial charge in [-0.25, -0.2) is 13.1 Å². The number of nitrogens with one attached hydrogen (secondary N) is 1. The molecule has 7 heteroatoms. The average molecular weight is 280 g/mol. The van der Waals surface area contributed by atoms with Crippen molar-refractivity contribution in [1.29, 1.82) is 0 Å². The van der Waals surface area contributed by atoms with Crippen molar-refractivity contribution in [2.24, 2.45) is 11.1 Å². The number of rotatable bonds is 7. The molecule has 1 unspecified atom stereocenters. The molecule has 0 bridgehead atoms. The highest BCUT2D eigenvalue weighted by Crippen LogP contribution is 2.19. The van der Waals surface area contributed by atoms with E-state index in [1.165, 1.54) is 7.11 Å². The van der Waals surface area contributed by atoms with Gasteiger partial charge in [0.2, 0.25) is 10.0 Å². The van der Waals surface area contributed by atoms with Crippen molar-refractivity contribution in [3.63, 3.8) is 0 Å². The Kier molecular flexibility index (Phi) is 6.80. The van der Waals surface area contributed by atoms with Crippen LogP contribution >= 0.6 is 0 Å². The second-order valence-corrected chi connectivity index (χ2v) is 7.14. The summed E-state index contributed by atoms with van der Waals surface area (Å²) in [6.45, 7) is 5.99. The highest BCUT2D eigenvalue weighted by atomic mass is 32.2. The summed E-state index contributed by atoms with van der Waals surface area (Å²) in [5.41, 5.74) is 5.32. The zero-order chi connectivity index (χ0) is 14.4. The van der Waals surface area contributed by atoms with E-state index < -0.39 is 16.0 Å². The molecule has 0 aromatic rings. The Labute approximate surface area is 109 Å². The number of carbonyl (C=O) groups excluding carboxylic acids is 1. The summed E-state index contributed by atoms with van der Waals surface area (Å²) in [5, 5.41) is 0. The Hall–Kier alpha value is -0.660. The van der Waals surface area contributed by atoms with E-state index in [1.807, 2.05) is 20.8 Å². The molecule has 0 aliphatic rings. The Balaban J connectivity index is 4.34. The third-order valence-corrected chi connectivity index (χ3v) is 4.09. The van der Waals surface area contributed by atoms with E-state index >= 15 is 0 Å². The SMILES string of the molecule is COC(=O)CCCS(=O)(=O)NC(CN)C(C)(C)C. The number of hydrogen-bond donors (Lipinski definition) is 2. The molecule has 0 aromatic carbocycles. The summed E-state index contributed by atoms with van der Waals surface area (Å²) in [7, 11) is -2.14. The molecule has 3 N–H and O–H groups in total. The second kappa shape index (κ2) is 7.06. The topological polar surface area (TPSA) is 98.5 Å². The third-order valence-electron chi connectivity index (χ3n) is 2.62. The number of sulfonamides is 1. The minimum atomic E-state index is -3.42. The first-order valence-corrected chi connectivity index (χ1v) is 7.54. The van der Waals surface area contributed by atoms with Gasteiger partial charge >= 0.3 is 5.97 Å². The van der Waals surface area contributed by atoms with Crippen LogP contribution in [-0.4, -0.2) is 39.8 Å². The fraction of sp³-hybridized carbons (Fsp3) is 0.909. The van der Waals surface area contributed by atoms with E-state index in [0.29, 0.717) is 0 Å². The molecular weight excluding hydrogens is 256 g/mol. The van der Waals surface area contributed by atoms with Gasteiger partial charge in [-0.3, -0.25) is 4.79 Å². The van der Waals surface area contributed by atoms with Crippen molar-refractivity contribution in [1.82, 2.24) is 4.72 Å². The molecule has 0 rings (SSSR count). The lowest BCUT2D eigenvalue weighted by Gasteiger charge is -2.30. The van der Waals surface area contributed by atoms with Gasteiger partial charge in [0.15, 0.2) is 0 Å². The van der Waals surface area contributed by atoms with E-state index in [-0.39, 0.29) is 36.6 Å². The molecule has 0 spiro atoms. The van der Waals surface area contributed by atoms with Crippen LogP contribution in [0, 0.1) is 5.41 Å². The number of ether oxygens (including phenoxy) is 1. The molecule has 0 aliphatic heterocycles. The molecule has 0 radical (unpaired) electrons. The number of carbonyl (C=O) groups is 1. The average Bonchev–Trinajstić information content (AvgIpc) is 2.23. The van der Waals surface area contributed by atoms with Crippen LogP contribution in [0.15, 0.2) is 0 Å². The number of nitrogens with two attached hydrogens (primary N) is 1. The van der Waals surface area contributed by atoms with Gasteiger partial charge in [0.25, 0.3) is 0 Å². The van der Waals surface area contributed by atoms with Gasteiger partial charge in [0.1, 0.15) is 0 Å². The molecule has 0 aliphatic carbocycles. The standard InChI is InChI=1S/C11H24N2O4S/c1-11(2,3)9(8-12)13-18(15,16)7-5-6-10(14)17-4/h9,13H,5-8,12H2,1-4H3. The van der Waals surface area contributed by atoms with Crippen molar-refractivity contribution in [2.75, 3.05) is 19.4 Å². The van der Waals surface area contributed by atoms with Gasteiger partial charge in [0, 0.05) is 19.0 Å². The highest BCUT2D eigenvalue weighted by Gasteiger charge is 2.27. The van der Waals surface area contributed by atoms with E-state index in [9.17, 15) is 13.2 Å². The second-order valence-electron chi connectivity index (χ2n) is 5.27. The quantitative estimate of drug-likeness (QED) is 0.651. The van der Waals surface area contributed by atoms with Crippen molar-refractivity contribution < 1.29 is 17.9 Å². The summed E-state index contributed by atoms with van der Waals surface area (Å²) in [6.07, 6.45) is 0.337. The van der Waals surface area contributed by atoms with Gasteiger partial charge in [0.05, 0.1) is 12.9 Å². The summed E-state index contributed by atoms with van der Waals surface area (Å²) in [4.78, 5) is 10.9. The molecule has 0 amide bonds. The zero-order valence-corrected chi connectivity index (χ0v) is 12.3. The minimum absolute atomic E-state index is 0.0974. The van der Waals surface area contributed by atoms with Crippen molar-refractivity contribution >= 4 is 16.0 Å². The van der Waals surface area contributed by atoms with Crippen LogP contribution in [0.5, 0.6) is 0 Å². The van der Waals surface area contributed by atoms with Gasteiger partial charge in [-0.2, -0.15) is 0 Å². The third kappa shape index (κ3) is 6.93. The number of methoxy groups -OCH3 is 1. The van der Waals surface area contributed by atoms with Crippen molar-refractivity contribution in [3.8, 4) is 0 Å². The lowest BCUT2D eigenvalue weighted by atomic mass is 9.88. The van der Waals surface area contributed by atoms with E-state index in [2.05, 4.69) is 9.46 Å². The Bertz CT molecular complexity index is 360. The number of esters is 1. The van der Waals surface area contributed by atoms with E-state index in [4.69, 9.17) is 5.73 Å². The molecule has 0 heterocycles. The predicted molar refractivity (Wildman–Crippen MR) is 70.5 cm³/mol. The summed E-state index contributed by atoms with van der Waals surface area (Å²) in [6, 6.07) is -0.319. The summed E-state index contributed by atoms with van der Waals surface area (Å²) >= 11 is 0. The van der Waals surface area contributed by atoms with E-state index in [1.54, 1.807) is 0 Å². The first-order chi connectivity index (χ1) is 8.12. The lowest BCUT2D eigenvalue weighted by Crippen LogP contribution is -2.48. The van der Waals surface area contributed by atoms with Crippen LogP contribution in [0.25, 0.3) is 0 Å². The first-order valence-electron chi connectivity index (χ1n) is 5.89. The van der Waals surface area contributed by atoms with E-state index in [0.717, 1.165) is 0 Å². The highest BCUT2D eigenvalue weighted by molar-refractivity contribution is 7.89. The fourth-order valence-electron chi connectivity index (χ4n) is 1.36. The molecule has 0 saturated heterocycles. The van der Waals surface area contributed by atoms with Crippen LogP contribution < -0.4 is 10.5 Å². The van der Waals surface area contributed by atoms with Crippen LogP contribution in [0.3, 0.4) is 0 Å². The first kappa shape index (κ1) is 17.3. The Morgan fingerprint density at radius 1 is 1.39 bits per heavy atom. The van der Waals surface area contributed by atoms with Crippen LogP contribution in [0.1, 0.15) is 33.6 Å². The zero-order valence-electron chi connectivity index (χ0n) is 11.5. The van der Waals surface area contributed by atoms with Crippen LogP contribution in [0.4, 0.5) is 0 Å². The number of hydrogen-bond acceptors (Lipinski definition) is 5. The molecule has 1 atom stereocenters. The fourth-order valence-corrected chi connectivity index (χ4v) is 2.89. The maximum Gasteiger partial charge on any atom is 0.305 e. The molecule has 6 nitrogen and oxygen atoms in total. The maximum atomic E-state index is 11.8. The molecule has 18 heavy (non-hydrogen) atoms. The van der Waals surface area contributed by atoms with Gasteiger partial charge in [-0.15, -0.1) is 0 Å². The smallest absolute Gasteiger partial charge is 0.305 e. The predicted octanol–water partition coefficient (Wildman–Crippen LogP) is 0.232. The van der Waals surface area contributed by atoms with Gasteiger partial charge in [-0.1, -0.05) is 20.8 Å². The summed E-state index contributed by atoms with van der Waals surface area (Å²) < 4.78 is 30.6. The summed E-state index contributed by atoms with van der Waals surface area (Å²) in [5.74, 6) is -0.509.